The highest BCUT2D eigenvalue weighted by atomic mass is 16.5. The van der Waals surface area contributed by atoms with Gasteiger partial charge in [-0.15, -0.1) is 0 Å². The Bertz CT molecular complexity index is 687. The highest BCUT2D eigenvalue weighted by Crippen LogP contribution is 2.27. The van der Waals surface area contributed by atoms with E-state index < -0.39 is 0 Å². The van der Waals surface area contributed by atoms with E-state index in [1.54, 1.807) is 0 Å². The molecule has 0 aliphatic heterocycles. The molecule has 0 aromatic heterocycles. The fourth-order valence-electron chi connectivity index (χ4n) is 2.58. The Morgan fingerprint density at radius 2 is 1.23 bits per heavy atom. The maximum atomic E-state index is 6.14. The van der Waals surface area contributed by atoms with Gasteiger partial charge in [0.25, 0.3) is 0 Å². The van der Waals surface area contributed by atoms with E-state index >= 15 is 0 Å². The summed E-state index contributed by atoms with van der Waals surface area (Å²) in [6.45, 7) is 2.15. The second-order valence-electron chi connectivity index (χ2n) is 5.32. The topological polar surface area (TPSA) is 9.23 Å². The van der Waals surface area contributed by atoms with Crippen LogP contribution in [-0.2, 0) is 0 Å². The molecule has 0 spiro atoms. The molecule has 1 unspecified atom stereocenters. The van der Waals surface area contributed by atoms with Crippen LogP contribution in [0.2, 0.25) is 0 Å². The molecule has 1 atom stereocenters. The Morgan fingerprint density at radius 1 is 0.682 bits per heavy atom. The minimum absolute atomic E-state index is 0.101. The number of hydrogen-bond donors (Lipinski definition) is 0. The average Bonchev–Trinajstić information content (AvgIpc) is 2.62. The number of benzene rings is 3. The smallest absolute Gasteiger partial charge is 0.123 e. The molecule has 0 fully saturated rings. The van der Waals surface area contributed by atoms with Gasteiger partial charge in [-0.05, 0) is 35.2 Å². The van der Waals surface area contributed by atoms with Crippen molar-refractivity contribution in [1.29, 1.82) is 0 Å². The fraction of sp³-hybridized carbons (Fsp3) is 0.143. The van der Waals surface area contributed by atoms with Crippen molar-refractivity contribution in [3.05, 3.63) is 90.5 Å². The molecule has 0 N–H and O–H groups in total. The van der Waals surface area contributed by atoms with E-state index in [0.29, 0.717) is 0 Å². The van der Waals surface area contributed by atoms with Gasteiger partial charge in [-0.2, -0.15) is 0 Å². The Labute approximate surface area is 132 Å². The van der Waals surface area contributed by atoms with Crippen LogP contribution in [0, 0.1) is 0 Å². The number of rotatable bonds is 5. The summed E-state index contributed by atoms with van der Waals surface area (Å²) in [6.07, 6.45) is 1.05. The van der Waals surface area contributed by atoms with Crippen LogP contribution in [0.4, 0.5) is 0 Å². The van der Waals surface area contributed by atoms with Crippen molar-refractivity contribution in [1.82, 2.24) is 0 Å². The summed E-state index contributed by atoms with van der Waals surface area (Å²) in [6, 6.07) is 29.1. The van der Waals surface area contributed by atoms with Gasteiger partial charge >= 0.3 is 0 Å². The summed E-state index contributed by atoms with van der Waals surface area (Å²) in [5.41, 5.74) is 3.65. The van der Waals surface area contributed by atoms with Gasteiger partial charge in [-0.25, -0.2) is 0 Å². The molecule has 0 saturated heterocycles. The lowest BCUT2D eigenvalue weighted by molar-refractivity contribution is 0.201. The first kappa shape index (κ1) is 14.4. The van der Waals surface area contributed by atoms with Gasteiger partial charge in [0.05, 0.1) is 0 Å². The molecule has 1 heteroatoms. The standard InChI is InChI=1S/C21H20O/c1-2-21(19-11-7-4-8-12-19)22-20-15-13-18(14-16-20)17-9-5-3-6-10-17/h3-16,21H,2H2,1H3. The van der Waals surface area contributed by atoms with E-state index in [0.717, 1.165) is 12.2 Å². The molecule has 1 nitrogen and oxygen atoms in total. The molecular weight excluding hydrogens is 268 g/mol. The van der Waals surface area contributed by atoms with Crippen molar-refractivity contribution in [3.63, 3.8) is 0 Å². The van der Waals surface area contributed by atoms with Crippen molar-refractivity contribution in [2.24, 2.45) is 0 Å². The second kappa shape index (κ2) is 6.95. The van der Waals surface area contributed by atoms with Gasteiger partial charge in [0.1, 0.15) is 11.9 Å². The zero-order valence-electron chi connectivity index (χ0n) is 12.8. The molecule has 110 valence electrons. The summed E-state index contributed by atoms with van der Waals surface area (Å²) in [5.74, 6) is 0.912. The zero-order chi connectivity index (χ0) is 15.2. The van der Waals surface area contributed by atoms with Crippen molar-refractivity contribution in [3.8, 4) is 16.9 Å². The summed E-state index contributed by atoms with van der Waals surface area (Å²) in [7, 11) is 0. The van der Waals surface area contributed by atoms with E-state index in [4.69, 9.17) is 4.74 Å². The minimum Gasteiger partial charge on any atom is -0.486 e. The molecule has 0 aliphatic rings. The van der Waals surface area contributed by atoms with Gasteiger partial charge in [-0.1, -0.05) is 79.7 Å². The fourth-order valence-corrected chi connectivity index (χ4v) is 2.58. The monoisotopic (exact) mass is 288 g/mol. The summed E-state index contributed by atoms with van der Waals surface area (Å²) in [4.78, 5) is 0. The molecule has 3 rings (SSSR count). The quantitative estimate of drug-likeness (QED) is 0.569. The van der Waals surface area contributed by atoms with Gasteiger partial charge < -0.3 is 4.74 Å². The lowest BCUT2D eigenvalue weighted by Gasteiger charge is -2.18. The van der Waals surface area contributed by atoms with Gasteiger partial charge in [0, 0.05) is 0 Å². The average molecular weight is 288 g/mol. The van der Waals surface area contributed by atoms with Crippen LogP contribution in [0.1, 0.15) is 25.0 Å². The number of ether oxygens (including phenoxy) is 1. The van der Waals surface area contributed by atoms with E-state index in [1.807, 2.05) is 24.3 Å². The second-order valence-corrected chi connectivity index (χ2v) is 5.32. The summed E-state index contributed by atoms with van der Waals surface area (Å²) in [5, 5.41) is 0. The van der Waals surface area contributed by atoms with E-state index in [2.05, 4.69) is 67.6 Å². The number of hydrogen-bond acceptors (Lipinski definition) is 1. The highest BCUT2D eigenvalue weighted by Gasteiger charge is 2.10. The van der Waals surface area contributed by atoms with Crippen LogP contribution >= 0.6 is 0 Å². The highest BCUT2D eigenvalue weighted by molar-refractivity contribution is 5.63. The molecule has 0 radical (unpaired) electrons. The predicted octanol–water partition coefficient (Wildman–Crippen LogP) is 5.88. The van der Waals surface area contributed by atoms with Gasteiger partial charge in [0.2, 0.25) is 0 Å². The van der Waals surface area contributed by atoms with Crippen LogP contribution < -0.4 is 4.74 Å². The molecule has 0 bridgehead atoms. The molecule has 3 aromatic carbocycles. The molecule has 22 heavy (non-hydrogen) atoms. The van der Waals surface area contributed by atoms with Gasteiger partial charge in [0.15, 0.2) is 0 Å². The summed E-state index contributed by atoms with van der Waals surface area (Å²) >= 11 is 0. The third-order valence-corrected chi connectivity index (χ3v) is 3.78. The third-order valence-electron chi connectivity index (χ3n) is 3.78. The van der Waals surface area contributed by atoms with Crippen LogP contribution in [0.25, 0.3) is 11.1 Å². The third kappa shape index (κ3) is 3.37. The lowest BCUT2D eigenvalue weighted by atomic mass is 10.1. The zero-order valence-corrected chi connectivity index (χ0v) is 12.8. The first-order valence-corrected chi connectivity index (χ1v) is 7.74. The minimum atomic E-state index is 0.101. The maximum absolute atomic E-state index is 6.14. The van der Waals surface area contributed by atoms with Gasteiger partial charge in [-0.3, -0.25) is 0 Å². The Kier molecular flexibility index (Phi) is 4.55. The maximum Gasteiger partial charge on any atom is 0.123 e. The SMILES string of the molecule is CCC(Oc1ccc(-c2ccccc2)cc1)c1ccccc1. The van der Waals surface area contributed by atoms with Crippen LogP contribution in [0.5, 0.6) is 5.75 Å². The van der Waals surface area contributed by atoms with E-state index in [9.17, 15) is 0 Å². The molecule has 0 amide bonds. The van der Waals surface area contributed by atoms with Crippen molar-refractivity contribution >= 4 is 0 Å². The van der Waals surface area contributed by atoms with Crippen molar-refractivity contribution < 1.29 is 4.74 Å². The Hall–Kier alpha value is -2.54. The van der Waals surface area contributed by atoms with Crippen molar-refractivity contribution in [2.45, 2.75) is 19.4 Å². The van der Waals surface area contributed by atoms with Crippen LogP contribution in [-0.4, -0.2) is 0 Å². The summed E-state index contributed by atoms with van der Waals surface area (Å²) < 4.78 is 6.14. The molecular formula is C21H20O. The lowest BCUT2D eigenvalue weighted by Crippen LogP contribution is -2.06. The van der Waals surface area contributed by atoms with E-state index in [1.165, 1.54) is 16.7 Å². The molecule has 3 aromatic rings. The van der Waals surface area contributed by atoms with Crippen LogP contribution in [0.3, 0.4) is 0 Å². The molecule has 0 saturated carbocycles. The first-order chi connectivity index (χ1) is 10.9. The largest absolute Gasteiger partial charge is 0.486 e. The van der Waals surface area contributed by atoms with Crippen molar-refractivity contribution in [2.75, 3.05) is 0 Å². The molecule has 0 heterocycles. The molecule has 0 aliphatic carbocycles. The van der Waals surface area contributed by atoms with Crippen LogP contribution in [0.15, 0.2) is 84.9 Å². The normalized spacial score (nSPS) is 11.9. The Balaban J connectivity index is 1.76. The predicted molar refractivity (Wildman–Crippen MR) is 92.0 cm³/mol. The first-order valence-electron chi connectivity index (χ1n) is 7.74. The van der Waals surface area contributed by atoms with E-state index in [-0.39, 0.29) is 6.10 Å². The Morgan fingerprint density at radius 3 is 1.82 bits per heavy atom.